The van der Waals surface area contributed by atoms with Crippen LogP contribution < -0.4 is 5.32 Å². The molecule has 7 nitrogen and oxygen atoms in total. The third-order valence-electron chi connectivity index (χ3n) is 5.32. The molecule has 0 saturated carbocycles. The largest absolute Gasteiger partial charge is 0.385 e. The minimum Gasteiger partial charge on any atom is -0.385 e. The number of nitrogens with one attached hydrogen (secondary N) is 3. The number of morpholine rings is 1. The summed E-state index contributed by atoms with van der Waals surface area (Å²) in [5, 5.41) is 12.1. The number of rotatable bonds is 6. The first-order chi connectivity index (χ1) is 14.3. The summed E-state index contributed by atoms with van der Waals surface area (Å²) in [6.45, 7) is 5.85. The number of nitrogens with zero attached hydrogens (tertiary/aromatic N) is 3. The molecule has 3 N–H and O–H groups in total. The Morgan fingerprint density at radius 1 is 1.10 bits per heavy atom. The van der Waals surface area contributed by atoms with E-state index in [-0.39, 0.29) is 0 Å². The van der Waals surface area contributed by atoms with Crippen molar-refractivity contribution in [2.75, 3.05) is 44.7 Å². The maximum absolute atomic E-state index is 5.40. The van der Waals surface area contributed by atoms with Gasteiger partial charge in [-0.2, -0.15) is 5.10 Å². The Balaban J connectivity index is 1.29. The van der Waals surface area contributed by atoms with Crippen molar-refractivity contribution < 1.29 is 4.74 Å². The first kappa shape index (κ1) is 18.6. The summed E-state index contributed by atoms with van der Waals surface area (Å²) in [4.78, 5) is 10.6. The lowest BCUT2D eigenvalue weighted by Crippen LogP contribution is -2.37. The van der Waals surface area contributed by atoms with Crippen molar-refractivity contribution in [3.05, 3.63) is 40.9 Å². The number of aromatic nitrogens is 4. The van der Waals surface area contributed by atoms with Crippen LogP contribution >= 0.6 is 15.9 Å². The lowest BCUT2D eigenvalue weighted by molar-refractivity contribution is 0.0378. The highest BCUT2D eigenvalue weighted by Crippen LogP contribution is 2.29. The molecule has 2 aromatic carbocycles. The van der Waals surface area contributed by atoms with Gasteiger partial charge in [0.05, 0.1) is 29.8 Å². The van der Waals surface area contributed by atoms with Crippen LogP contribution in [0.4, 0.5) is 5.69 Å². The number of benzene rings is 2. The topological polar surface area (TPSA) is 81.9 Å². The normalized spacial score (nSPS) is 15.3. The maximum Gasteiger partial charge on any atom is 0.159 e. The zero-order valence-corrected chi connectivity index (χ0v) is 17.6. The number of hydrogen-bond donors (Lipinski definition) is 3. The molecule has 3 heterocycles. The van der Waals surface area contributed by atoms with Gasteiger partial charge in [0.15, 0.2) is 5.82 Å². The van der Waals surface area contributed by atoms with Crippen LogP contribution in [0.5, 0.6) is 0 Å². The van der Waals surface area contributed by atoms with Crippen LogP contribution in [0.1, 0.15) is 6.42 Å². The van der Waals surface area contributed by atoms with Crippen molar-refractivity contribution in [3.8, 4) is 11.5 Å². The Bertz CT molecular complexity index is 1130. The first-order valence-electron chi connectivity index (χ1n) is 9.94. The molecule has 0 aliphatic carbocycles. The summed E-state index contributed by atoms with van der Waals surface area (Å²) in [5.74, 6) is 0.772. The van der Waals surface area contributed by atoms with Gasteiger partial charge < -0.3 is 15.0 Å². The second-order valence-corrected chi connectivity index (χ2v) is 8.23. The second-order valence-electron chi connectivity index (χ2n) is 7.31. The molecule has 4 aromatic rings. The van der Waals surface area contributed by atoms with E-state index in [4.69, 9.17) is 9.72 Å². The third-order valence-corrected chi connectivity index (χ3v) is 5.81. The molecule has 150 valence electrons. The monoisotopic (exact) mass is 454 g/mol. The number of hydrogen-bond acceptors (Lipinski definition) is 5. The van der Waals surface area contributed by atoms with Crippen molar-refractivity contribution in [3.63, 3.8) is 0 Å². The standard InChI is InChI=1S/C21H23BrN6O/c22-14-2-4-17-16(12-14)20(27-26-17)21-24-18-5-3-15(13-19(18)25-21)23-6-1-7-28-8-10-29-11-9-28/h2-5,12-13,23H,1,6-11H2,(H,24,25)(H,26,27). The van der Waals surface area contributed by atoms with Gasteiger partial charge in [0.2, 0.25) is 0 Å². The minimum atomic E-state index is 0.772. The van der Waals surface area contributed by atoms with Crippen LogP contribution in [-0.2, 0) is 4.74 Å². The molecule has 0 amide bonds. The van der Waals surface area contributed by atoms with E-state index in [0.29, 0.717) is 0 Å². The smallest absolute Gasteiger partial charge is 0.159 e. The van der Waals surface area contributed by atoms with E-state index in [2.05, 4.69) is 59.5 Å². The number of halogens is 1. The summed E-state index contributed by atoms with van der Waals surface area (Å²) < 4.78 is 6.42. The van der Waals surface area contributed by atoms with Gasteiger partial charge in [0.25, 0.3) is 0 Å². The molecule has 0 unspecified atom stereocenters. The lowest BCUT2D eigenvalue weighted by Gasteiger charge is -2.26. The van der Waals surface area contributed by atoms with Gasteiger partial charge >= 0.3 is 0 Å². The molecule has 0 bridgehead atoms. The highest BCUT2D eigenvalue weighted by atomic mass is 79.9. The van der Waals surface area contributed by atoms with Crippen LogP contribution in [-0.4, -0.2) is 64.5 Å². The summed E-state index contributed by atoms with van der Waals surface area (Å²) in [7, 11) is 0. The van der Waals surface area contributed by atoms with Crippen LogP contribution in [0.15, 0.2) is 40.9 Å². The van der Waals surface area contributed by atoms with Crippen molar-refractivity contribution in [2.45, 2.75) is 6.42 Å². The van der Waals surface area contributed by atoms with Gasteiger partial charge in [-0.25, -0.2) is 4.98 Å². The van der Waals surface area contributed by atoms with Crippen molar-refractivity contribution >= 4 is 43.6 Å². The van der Waals surface area contributed by atoms with Crippen molar-refractivity contribution in [1.29, 1.82) is 0 Å². The van der Waals surface area contributed by atoms with Gasteiger partial charge in [-0.15, -0.1) is 0 Å². The van der Waals surface area contributed by atoms with Crippen molar-refractivity contribution in [2.24, 2.45) is 0 Å². The van der Waals surface area contributed by atoms with Gasteiger partial charge in [0.1, 0.15) is 5.69 Å². The molecule has 1 aliphatic heterocycles. The summed E-state index contributed by atoms with van der Waals surface area (Å²) in [6.07, 6.45) is 1.11. The van der Waals surface area contributed by atoms with E-state index < -0.39 is 0 Å². The molecule has 1 fully saturated rings. The molecule has 8 heteroatoms. The second kappa shape index (κ2) is 8.14. The zero-order chi connectivity index (χ0) is 19.6. The predicted molar refractivity (Wildman–Crippen MR) is 119 cm³/mol. The Kier molecular flexibility index (Phi) is 5.22. The van der Waals surface area contributed by atoms with Gasteiger partial charge in [-0.05, 0) is 49.4 Å². The molecule has 0 radical (unpaired) electrons. The zero-order valence-electron chi connectivity index (χ0n) is 16.0. The number of anilines is 1. The van der Waals surface area contributed by atoms with E-state index in [1.807, 2.05) is 18.2 Å². The van der Waals surface area contributed by atoms with E-state index in [1.54, 1.807) is 0 Å². The SMILES string of the molecule is Brc1ccc2[nH]nc(-c3nc4ccc(NCCCN5CCOCC5)cc4[nH]3)c2c1. The lowest BCUT2D eigenvalue weighted by atomic mass is 10.2. The number of imidazole rings is 1. The van der Waals surface area contributed by atoms with E-state index in [0.717, 1.165) is 89.4 Å². The van der Waals surface area contributed by atoms with Gasteiger partial charge in [0, 0.05) is 35.2 Å². The Morgan fingerprint density at radius 3 is 2.90 bits per heavy atom. The van der Waals surface area contributed by atoms with E-state index in [1.165, 1.54) is 0 Å². The van der Waals surface area contributed by atoms with Gasteiger partial charge in [-0.1, -0.05) is 15.9 Å². The summed E-state index contributed by atoms with van der Waals surface area (Å²) >= 11 is 3.53. The average molecular weight is 455 g/mol. The quantitative estimate of drug-likeness (QED) is 0.383. The fourth-order valence-electron chi connectivity index (χ4n) is 3.76. The minimum absolute atomic E-state index is 0.772. The Labute approximate surface area is 177 Å². The Morgan fingerprint density at radius 2 is 2.00 bits per heavy atom. The molecular formula is C21H23BrN6O. The number of fused-ring (bicyclic) bond motifs is 2. The van der Waals surface area contributed by atoms with Crippen LogP contribution in [0.2, 0.25) is 0 Å². The molecular weight excluding hydrogens is 432 g/mol. The first-order valence-corrected chi connectivity index (χ1v) is 10.7. The highest BCUT2D eigenvalue weighted by Gasteiger charge is 2.13. The summed E-state index contributed by atoms with van der Waals surface area (Å²) in [5.41, 5.74) is 4.86. The highest BCUT2D eigenvalue weighted by molar-refractivity contribution is 9.10. The predicted octanol–water partition coefficient (Wildman–Crippen LogP) is 4.00. The summed E-state index contributed by atoms with van der Waals surface area (Å²) in [6, 6.07) is 12.3. The maximum atomic E-state index is 5.40. The fraction of sp³-hybridized carbons (Fsp3) is 0.333. The number of H-pyrrole nitrogens is 2. The van der Waals surface area contributed by atoms with Crippen LogP contribution in [0.25, 0.3) is 33.5 Å². The van der Waals surface area contributed by atoms with Crippen molar-refractivity contribution in [1.82, 2.24) is 25.1 Å². The number of ether oxygens (including phenoxy) is 1. The number of aromatic amines is 2. The van der Waals surface area contributed by atoms with E-state index in [9.17, 15) is 0 Å². The van der Waals surface area contributed by atoms with E-state index >= 15 is 0 Å². The molecule has 0 spiro atoms. The average Bonchev–Trinajstić information content (AvgIpc) is 3.35. The molecule has 0 atom stereocenters. The fourth-order valence-corrected chi connectivity index (χ4v) is 4.12. The third kappa shape index (κ3) is 4.01. The molecule has 1 aliphatic rings. The van der Waals surface area contributed by atoms with Crippen LogP contribution in [0.3, 0.4) is 0 Å². The molecule has 1 saturated heterocycles. The Hall–Kier alpha value is -2.42. The molecule has 5 rings (SSSR count). The van der Waals surface area contributed by atoms with Crippen LogP contribution in [0, 0.1) is 0 Å². The molecule has 29 heavy (non-hydrogen) atoms. The molecule has 2 aromatic heterocycles. The van der Waals surface area contributed by atoms with Gasteiger partial charge in [-0.3, -0.25) is 10.00 Å².